The lowest BCUT2D eigenvalue weighted by atomic mass is 10.1. The van der Waals surface area contributed by atoms with Crippen LogP contribution in [0.15, 0.2) is 47.9 Å². The molecule has 0 aliphatic rings. The number of hydrogen-bond acceptors (Lipinski definition) is 6. The second kappa shape index (κ2) is 6.98. The summed E-state index contributed by atoms with van der Waals surface area (Å²) >= 11 is 1.08. The molecule has 2 aromatic heterocycles. The number of rotatable bonds is 5. The van der Waals surface area contributed by atoms with Crippen LogP contribution in [0.3, 0.4) is 0 Å². The zero-order valence-corrected chi connectivity index (χ0v) is 13.9. The van der Waals surface area contributed by atoms with Crippen molar-refractivity contribution in [3.05, 3.63) is 59.9 Å². The number of halogens is 2. The van der Waals surface area contributed by atoms with Crippen molar-refractivity contribution in [3.63, 3.8) is 0 Å². The number of Topliss-reactive ketones (excluding diaryl/α,β-unsaturated/α-hetero) is 1. The number of hydrogen-bond donors (Lipinski definition) is 1. The monoisotopic (exact) mass is 361 g/mol. The van der Waals surface area contributed by atoms with E-state index in [1.54, 1.807) is 31.5 Å². The molecule has 3 rings (SSSR count). The van der Waals surface area contributed by atoms with E-state index in [0.29, 0.717) is 11.0 Å². The molecule has 1 atom stereocenters. The van der Waals surface area contributed by atoms with Crippen LogP contribution in [0.25, 0.3) is 11.4 Å². The number of carbonyl (C=O) groups is 1. The van der Waals surface area contributed by atoms with Crippen molar-refractivity contribution in [1.29, 1.82) is 0 Å². The third-order valence-corrected chi connectivity index (χ3v) is 4.52. The van der Waals surface area contributed by atoms with Gasteiger partial charge in [0, 0.05) is 23.5 Å². The number of benzene rings is 1. The lowest BCUT2D eigenvalue weighted by molar-refractivity contribution is 0.0993. The third-order valence-electron chi connectivity index (χ3n) is 3.46. The van der Waals surface area contributed by atoms with Gasteiger partial charge in [0.1, 0.15) is 0 Å². The first-order chi connectivity index (χ1) is 12.0. The van der Waals surface area contributed by atoms with E-state index in [1.165, 1.54) is 10.7 Å². The SMILES string of the molecule is CC(Sc1nnc(-c2ccncc2)n1N)C(=O)c1ccc(F)c(F)c1. The first-order valence-electron chi connectivity index (χ1n) is 7.24. The Morgan fingerprint density at radius 3 is 2.56 bits per heavy atom. The highest BCUT2D eigenvalue weighted by Crippen LogP contribution is 2.26. The third kappa shape index (κ3) is 3.50. The highest BCUT2D eigenvalue weighted by Gasteiger charge is 2.22. The van der Waals surface area contributed by atoms with Crippen LogP contribution in [0, 0.1) is 11.6 Å². The highest BCUT2D eigenvalue weighted by atomic mass is 32.2. The first-order valence-corrected chi connectivity index (χ1v) is 8.12. The molecule has 128 valence electrons. The van der Waals surface area contributed by atoms with Crippen LogP contribution in [0.5, 0.6) is 0 Å². The van der Waals surface area contributed by atoms with Crippen LogP contribution in [0.2, 0.25) is 0 Å². The van der Waals surface area contributed by atoms with Gasteiger partial charge in [-0.05, 0) is 37.3 Å². The summed E-state index contributed by atoms with van der Waals surface area (Å²) < 4.78 is 27.6. The quantitative estimate of drug-likeness (QED) is 0.427. The second-order valence-corrected chi connectivity index (χ2v) is 6.47. The molecule has 1 aromatic carbocycles. The van der Waals surface area contributed by atoms with Crippen LogP contribution in [0.1, 0.15) is 17.3 Å². The molecule has 0 radical (unpaired) electrons. The van der Waals surface area contributed by atoms with Gasteiger partial charge in [-0.1, -0.05) is 11.8 Å². The Labute approximate surface area is 146 Å². The normalized spacial score (nSPS) is 12.1. The Kier molecular flexibility index (Phi) is 4.75. The highest BCUT2D eigenvalue weighted by molar-refractivity contribution is 8.00. The minimum atomic E-state index is -1.06. The minimum Gasteiger partial charge on any atom is -0.335 e. The Morgan fingerprint density at radius 1 is 1.16 bits per heavy atom. The zero-order chi connectivity index (χ0) is 18.0. The van der Waals surface area contributed by atoms with Crippen LogP contribution >= 0.6 is 11.8 Å². The van der Waals surface area contributed by atoms with Crippen LogP contribution < -0.4 is 5.84 Å². The summed E-state index contributed by atoms with van der Waals surface area (Å²) in [5.74, 6) is 4.00. The Balaban J connectivity index is 1.79. The molecule has 1 unspecified atom stereocenters. The number of carbonyl (C=O) groups excluding carboxylic acids is 1. The summed E-state index contributed by atoms with van der Waals surface area (Å²) in [4.78, 5) is 16.3. The van der Waals surface area contributed by atoms with Gasteiger partial charge >= 0.3 is 0 Å². The molecular weight excluding hydrogens is 348 g/mol. The zero-order valence-electron chi connectivity index (χ0n) is 13.1. The van der Waals surface area contributed by atoms with Crippen molar-refractivity contribution in [3.8, 4) is 11.4 Å². The van der Waals surface area contributed by atoms with Gasteiger partial charge in [-0.2, -0.15) is 0 Å². The number of nitrogen functional groups attached to an aromatic ring is 1. The fourth-order valence-electron chi connectivity index (χ4n) is 2.15. The predicted molar refractivity (Wildman–Crippen MR) is 89.4 cm³/mol. The molecule has 6 nitrogen and oxygen atoms in total. The van der Waals surface area contributed by atoms with Crippen molar-refractivity contribution >= 4 is 17.5 Å². The van der Waals surface area contributed by atoms with Gasteiger partial charge in [0.2, 0.25) is 5.16 Å². The van der Waals surface area contributed by atoms with E-state index < -0.39 is 16.9 Å². The van der Waals surface area contributed by atoms with Crippen LogP contribution in [0.4, 0.5) is 8.78 Å². The maximum Gasteiger partial charge on any atom is 0.210 e. The largest absolute Gasteiger partial charge is 0.335 e. The fourth-order valence-corrected chi connectivity index (χ4v) is 3.00. The maximum atomic E-state index is 13.3. The molecule has 0 aliphatic carbocycles. The number of ketones is 1. The van der Waals surface area contributed by atoms with E-state index in [2.05, 4.69) is 15.2 Å². The Hall–Kier alpha value is -2.81. The van der Waals surface area contributed by atoms with E-state index >= 15 is 0 Å². The molecule has 2 heterocycles. The Morgan fingerprint density at radius 2 is 1.88 bits per heavy atom. The standard InChI is InChI=1S/C16H13F2N5OS/c1-9(14(24)11-2-3-12(17)13(18)8-11)25-16-22-21-15(23(16)19)10-4-6-20-7-5-10/h2-9H,19H2,1H3. The molecule has 0 fully saturated rings. The number of aromatic nitrogens is 4. The van der Waals surface area contributed by atoms with E-state index in [1.807, 2.05) is 0 Å². The topological polar surface area (TPSA) is 86.7 Å². The molecule has 0 spiro atoms. The van der Waals surface area contributed by atoms with Gasteiger partial charge in [-0.3, -0.25) is 9.78 Å². The van der Waals surface area contributed by atoms with Crippen molar-refractivity contribution in [2.75, 3.05) is 5.84 Å². The van der Waals surface area contributed by atoms with Crippen LogP contribution in [-0.2, 0) is 0 Å². The first kappa shape index (κ1) is 17.0. The van der Waals surface area contributed by atoms with Crippen molar-refractivity contribution in [2.24, 2.45) is 0 Å². The van der Waals surface area contributed by atoms with E-state index in [0.717, 1.165) is 29.5 Å². The smallest absolute Gasteiger partial charge is 0.210 e. The van der Waals surface area contributed by atoms with E-state index in [4.69, 9.17) is 5.84 Å². The van der Waals surface area contributed by atoms with Crippen molar-refractivity contribution in [1.82, 2.24) is 19.9 Å². The molecule has 2 N–H and O–H groups in total. The number of nitrogens with zero attached hydrogens (tertiary/aromatic N) is 4. The average Bonchev–Trinajstić information content (AvgIpc) is 2.98. The Bertz CT molecular complexity index is 916. The summed E-state index contributed by atoms with van der Waals surface area (Å²) in [7, 11) is 0. The van der Waals surface area contributed by atoms with Gasteiger partial charge in [0.05, 0.1) is 5.25 Å². The molecule has 0 saturated heterocycles. The summed E-state index contributed by atoms with van der Waals surface area (Å²) in [6, 6.07) is 6.51. The molecule has 0 amide bonds. The van der Waals surface area contributed by atoms with Crippen LogP contribution in [-0.4, -0.2) is 30.9 Å². The predicted octanol–water partition coefficient (Wildman–Crippen LogP) is 2.70. The molecule has 0 bridgehead atoms. The van der Waals surface area contributed by atoms with Gasteiger partial charge in [-0.15, -0.1) is 10.2 Å². The second-order valence-electron chi connectivity index (χ2n) is 5.17. The number of thioether (sulfide) groups is 1. The summed E-state index contributed by atoms with van der Waals surface area (Å²) in [6.07, 6.45) is 3.21. The van der Waals surface area contributed by atoms with E-state index in [9.17, 15) is 13.6 Å². The van der Waals surface area contributed by atoms with Gasteiger partial charge < -0.3 is 5.84 Å². The fraction of sp³-hybridized carbons (Fsp3) is 0.125. The molecule has 9 heteroatoms. The summed E-state index contributed by atoms with van der Waals surface area (Å²) in [5.41, 5.74) is 0.813. The lowest BCUT2D eigenvalue weighted by Gasteiger charge is -2.10. The van der Waals surface area contributed by atoms with Crippen molar-refractivity contribution in [2.45, 2.75) is 17.3 Å². The van der Waals surface area contributed by atoms with E-state index in [-0.39, 0.29) is 11.3 Å². The summed E-state index contributed by atoms with van der Waals surface area (Å²) in [6.45, 7) is 1.63. The lowest BCUT2D eigenvalue weighted by Crippen LogP contribution is -2.17. The van der Waals surface area contributed by atoms with Gasteiger partial charge in [-0.25, -0.2) is 13.5 Å². The number of nitrogens with two attached hydrogens (primary N) is 1. The van der Waals surface area contributed by atoms with Gasteiger partial charge in [0.15, 0.2) is 23.2 Å². The van der Waals surface area contributed by atoms with Crippen molar-refractivity contribution < 1.29 is 13.6 Å². The van der Waals surface area contributed by atoms with Gasteiger partial charge in [0.25, 0.3) is 0 Å². The number of pyridine rings is 1. The minimum absolute atomic E-state index is 0.0799. The molecule has 25 heavy (non-hydrogen) atoms. The molecule has 0 aliphatic heterocycles. The molecule has 3 aromatic rings. The average molecular weight is 361 g/mol. The molecular formula is C16H13F2N5OS. The summed E-state index contributed by atoms with van der Waals surface area (Å²) in [5, 5.41) is 7.72. The molecule has 0 saturated carbocycles. The maximum absolute atomic E-state index is 13.3.